The van der Waals surface area contributed by atoms with Crippen LogP contribution in [0.15, 0.2) is 47.1 Å². The molecule has 7 nitrogen and oxygen atoms in total. The smallest absolute Gasteiger partial charge is 0.309 e. The molecule has 0 bridgehead atoms. The monoisotopic (exact) mass is 384 g/mol. The van der Waals surface area contributed by atoms with Gasteiger partial charge in [-0.05, 0) is 57.2 Å². The second kappa shape index (κ2) is 9.41. The molecule has 7 heteroatoms. The molecule has 1 aromatic heterocycles. The molecule has 1 aliphatic rings. The van der Waals surface area contributed by atoms with Crippen LogP contribution < -0.4 is 15.5 Å². The second-order valence-electron chi connectivity index (χ2n) is 7.23. The number of carbonyl (C=O) groups excluding carboxylic acids is 2. The summed E-state index contributed by atoms with van der Waals surface area (Å²) >= 11 is 0. The number of para-hydroxylation sites is 1. The van der Waals surface area contributed by atoms with E-state index in [4.69, 9.17) is 4.42 Å². The molecule has 2 amide bonds. The number of nitrogens with one attached hydrogen (secondary N) is 2. The summed E-state index contributed by atoms with van der Waals surface area (Å²) in [4.78, 5) is 28.5. The molecule has 1 atom stereocenters. The highest BCUT2D eigenvalue weighted by Gasteiger charge is 2.29. The highest BCUT2D eigenvalue weighted by Crippen LogP contribution is 2.34. The van der Waals surface area contributed by atoms with Gasteiger partial charge in [0.1, 0.15) is 11.8 Å². The van der Waals surface area contributed by atoms with Crippen molar-refractivity contribution in [2.45, 2.75) is 18.9 Å². The van der Waals surface area contributed by atoms with Crippen molar-refractivity contribution in [1.82, 2.24) is 15.5 Å². The molecular formula is C21H28N4O3. The molecule has 0 saturated heterocycles. The fourth-order valence-electron chi connectivity index (χ4n) is 3.48. The SMILES string of the molecule is CN(C)CCCNC(=O)C(=O)NCC(c1ccco1)N1CCc2ccccc21. The highest BCUT2D eigenvalue weighted by molar-refractivity contribution is 6.35. The Kier molecular flexibility index (Phi) is 6.71. The lowest BCUT2D eigenvalue weighted by atomic mass is 10.1. The number of fused-ring (bicyclic) bond motifs is 1. The van der Waals surface area contributed by atoms with Crippen LogP contribution in [0, 0.1) is 0 Å². The zero-order valence-electron chi connectivity index (χ0n) is 16.5. The number of amides is 2. The van der Waals surface area contributed by atoms with Crippen molar-refractivity contribution in [2.24, 2.45) is 0 Å². The van der Waals surface area contributed by atoms with E-state index >= 15 is 0 Å². The van der Waals surface area contributed by atoms with Crippen molar-refractivity contribution in [3.05, 3.63) is 54.0 Å². The van der Waals surface area contributed by atoms with Crippen LogP contribution in [0.3, 0.4) is 0 Å². The van der Waals surface area contributed by atoms with Gasteiger partial charge in [0, 0.05) is 25.3 Å². The summed E-state index contributed by atoms with van der Waals surface area (Å²) in [7, 11) is 3.94. The van der Waals surface area contributed by atoms with E-state index in [9.17, 15) is 9.59 Å². The first-order valence-corrected chi connectivity index (χ1v) is 9.65. The molecule has 2 N–H and O–H groups in total. The van der Waals surface area contributed by atoms with Gasteiger partial charge in [-0.25, -0.2) is 0 Å². The number of rotatable bonds is 8. The van der Waals surface area contributed by atoms with Crippen LogP contribution in [0.2, 0.25) is 0 Å². The molecule has 3 rings (SSSR count). The fourth-order valence-corrected chi connectivity index (χ4v) is 3.48. The third kappa shape index (κ3) is 4.92. The minimum Gasteiger partial charge on any atom is -0.467 e. The Morgan fingerprint density at radius 1 is 1.14 bits per heavy atom. The molecule has 28 heavy (non-hydrogen) atoms. The van der Waals surface area contributed by atoms with Gasteiger partial charge < -0.3 is 24.9 Å². The zero-order valence-corrected chi connectivity index (χ0v) is 16.5. The molecular weight excluding hydrogens is 356 g/mol. The fraction of sp³-hybridized carbons (Fsp3) is 0.429. The van der Waals surface area contributed by atoms with Crippen LogP contribution >= 0.6 is 0 Å². The van der Waals surface area contributed by atoms with E-state index in [-0.39, 0.29) is 6.04 Å². The van der Waals surface area contributed by atoms with Gasteiger partial charge in [-0.3, -0.25) is 9.59 Å². The summed E-state index contributed by atoms with van der Waals surface area (Å²) in [5, 5.41) is 5.43. The summed E-state index contributed by atoms with van der Waals surface area (Å²) in [6, 6.07) is 11.8. The van der Waals surface area contributed by atoms with E-state index < -0.39 is 11.8 Å². The summed E-state index contributed by atoms with van der Waals surface area (Å²) in [5.74, 6) is -0.448. The van der Waals surface area contributed by atoms with E-state index in [1.54, 1.807) is 6.26 Å². The first kappa shape index (κ1) is 19.9. The maximum Gasteiger partial charge on any atom is 0.309 e. The van der Waals surface area contributed by atoms with Gasteiger partial charge >= 0.3 is 11.8 Å². The second-order valence-corrected chi connectivity index (χ2v) is 7.23. The van der Waals surface area contributed by atoms with Crippen molar-refractivity contribution in [3.8, 4) is 0 Å². The van der Waals surface area contributed by atoms with Crippen molar-refractivity contribution in [1.29, 1.82) is 0 Å². The van der Waals surface area contributed by atoms with Gasteiger partial charge in [0.15, 0.2) is 0 Å². The van der Waals surface area contributed by atoms with Crippen LogP contribution in [-0.4, -0.2) is 57.0 Å². The Bertz CT molecular complexity index is 789. The molecule has 0 saturated carbocycles. The summed E-state index contributed by atoms with van der Waals surface area (Å²) in [5.41, 5.74) is 2.43. The maximum absolute atomic E-state index is 12.2. The average Bonchev–Trinajstić information content (AvgIpc) is 3.36. The molecule has 1 aromatic carbocycles. The molecule has 0 aliphatic carbocycles. The molecule has 150 valence electrons. The molecule has 1 aliphatic heterocycles. The summed E-state index contributed by atoms with van der Waals surface area (Å²) < 4.78 is 5.62. The number of furan rings is 1. The third-order valence-electron chi connectivity index (χ3n) is 4.90. The highest BCUT2D eigenvalue weighted by atomic mass is 16.3. The van der Waals surface area contributed by atoms with Crippen molar-refractivity contribution in [3.63, 3.8) is 0 Å². The molecule has 0 fully saturated rings. The topological polar surface area (TPSA) is 77.8 Å². The predicted octanol–water partition coefficient (Wildman–Crippen LogP) is 1.57. The van der Waals surface area contributed by atoms with E-state index in [1.807, 2.05) is 43.3 Å². The van der Waals surface area contributed by atoms with E-state index in [1.165, 1.54) is 5.56 Å². The van der Waals surface area contributed by atoms with Gasteiger partial charge in [-0.15, -0.1) is 0 Å². The van der Waals surface area contributed by atoms with Gasteiger partial charge in [-0.1, -0.05) is 18.2 Å². The average molecular weight is 384 g/mol. The van der Waals surface area contributed by atoms with Crippen LogP contribution in [0.4, 0.5) is 5.69 Å². The lowest BCUT2D eigenvalue weighted by Gasteiger charge is -2.29. The van der Waals surface area contributed by atoms with Gasteiger partial charge in [0.05, 0.1) is 6.26 Å². The Hall–Kier alpha value is -2.80. The van der Waals surface area contributed by atoms with Gasteiger partial charge in [-0.2, -0.15) is 0 Å². The molecule has 2 heterocycles. The quantitative estimate of drug-likeness (QED) is 0.534. The minimum absolute atomic E-state index is 0.163. The number of nitrogens with zero attached hydrogens (tertiary/aromatic N) is 2. The van der Waals surface area contributed by atoms with Crippen molar-refractivity contribution < 1.29 is 14.0 Å². The molecule has 0 spiro atoms. The standard InChI is InChI=1S/C21H28N4O3/c1-24(2)12-6-11-22-20(26)21(27)23-15-18(19-9-5-14-28-19)25-13-10-16-7-3-4-8-17(16)25/h3-5,7-9,14,18H,6,10-13,15H2,1-2H3,(H,22,26)(H,23,27). The van der Waals surface area contributed by atoms with Crippen LogP contribution in [-0.2, 0) is 16.0 Å². The first-order chi connectivity index (χ1) is 13.6. The van der Waals surface area contributed by atoms with Crippen LogP contribution in [0.5, 0.6) is 0 Å². The zero-order chi connectivity index (χ0) is 19.9. The molecule has 0 radical (unpaired) electrons. The number of hydrogen-bond donors (Lipinski definition) is 2. The van der Waals surface area contributed by atoms with Crippen molar-refractivity contribution in [2.75, 3.05) is 45.2 Å². The Morgan fingerprint density at radius 2 is 1.93 bits per heavy atom. The summed E-state index contributed by atoms with van der Waals surface area (Å²) in [6.07, 6.45) is 3.38. The Morgan fingerprint density at radius 3 is 2.68 bits per heavy atom. The number of hydrogen-bond acceptors (Lipinski definition) is 5. The lowest BCUT2D eigenvalue weighted by molar-refractivity contribution is -0.139. The Labute approximate surface area is 165 Å². The number of carbonyl (C=O) groups is 2. The van der Waals surface area contributed by atoms with Crippen LogP contribution in [0.1, 0.15) is 23.8 Å². The Balaban J connectivity index is 1.59. The molecule has 1 unspecified atom stereocenters. The number of anilines is 1. The molecule has 2 aromatic rings. The largest absolute Gasteiger partial charge is 0.467 e. The maximum atomic E-state index is 12.2. The normalized spacial score (nSPS) is 14.0. The van der Waals surface area contributed by atoms with Crippen LogP contribution in [0.25, 0.3) is 0 Å². The predicted molar refractivity (Wildman–Crippen MR) is 108 cm³/mol. The van der Waals surface area contributed by atoms with E-state index in [0.717, 1.165) is 37.4 Å². The first-order valence-electron chi connectivity index (χ1n) is 9.65. The summed E-state index contributed by atoms with van der Waals surface area (Å²) in [6.45, 7) is 2.48. The minimum atomic E-state index is -0.617. The van der Waals surface area contributed by atoms with E-state index in [2.05, 4.69) is 27.7 Å². The van der Waals surface area contributed by atoms with E-state index in [0.29, 0.717) is 13.1 Å². The van der Waals surface area contributed by atoms with Crippen molar-refractivity contribution >= 4 is 17.5 Å². The number of benzene rings is 1. The lowest BCUT2D eigenvalue weighted by Crippen LogP contribution is -2.44. The third-order valence-corrected chi connectivity index (χ3v) is 4.90. The van der Waals surface area contributed by atoms with Gasteiger partial charge in [0.25, 0.3) is 0 Å². The van der Waals surface area contributed by atoms with Gasteiger partial charge in [0.2, 0.25) is 0 Å².